The molecule has 5 heteroatoms. The minimum atomic E-state index is -0.710. The van der Waals surface area contributed by atoms with Crippen LogP contribution in [-0.4, -0.2) is 59.5 Å². The fourth-order valence-corrected chi connectivity index (χ4v) is 2.94. The van der Waals surface area contributed by atoms with E-state index in [1.54, 1.807) is 0 Å². The first-order valence-corrected chi connectivity index (χ1v) is 7.90. The van der Waals surface area contributed by atoms with Gasteiger partial charge < -0.3 is 14.9 Å². The van der Waals surface area contributed by atoms with Crippen molar-refractivity contribution in [3.8, 4) is 0 Å². The van der Waals surface area contributed by atoms with Crippen LogP contribution in [0.2, 0.25) is 0 Å². The van der Waals surface area contributed by atoms with Crippen LogP contribution in [-0.2, 0) is 9.59 Å². The first-order chi connectivity index (χ1) is 9.66. The normalized spacial score (nSPS) is 21.3. The zero-order chi connectivity index (χ0) is 14.4. The van der Waals surface area contributed by atoms with Crippen LogP contribution in [0, 0.1) is 5.92 Å². The third-order valence-corrected chi connectivity index (χ3v) is 4.47. The van der Waals surface area contributed by atoms with Crippen molar-refractivity contribution in [2.24, 2.45) is 5.92 Å². The third-order valence-electron chi connectivity index (χ3n) is 4.47. The fraction of sp³-hybridized carbons (Fsp3) is 0.867. The van der Waals surface area contributed by atoms with E-state index in [0.717, 1.165) is 64.8 Å². The molecule has 0 bridgehead atoms. The number of nitrogens with zero attached hydrogens (tertiary/aromatic N) is 2. The van der Waals surface area contributed by atoms with E-state index in [9.17, 15) is 9.59 Å². The first-order valence-electron chi connectivity index (χ1n) is 7.90. The summed E-state index contributed by atoms with van der Waals surface area (Å²) in [6, 6.07) is 0. The van der Waals surface area contributed by atoms with Gasteiger partial charge in [-0.3, -0.25) is 9.59 Å². The van der Waals surface area contributed by atoms with Crippen LogP contribution in [0.1, 0.15) is 44.9 Å². The third kappa shape index (κ3) is 4.47. The topological polar surface area (TPSA) is 60.9 Å². The van der Waals surface area contributed by atoms with Crippen molar-refractivity contribution >= 4 is 11.9 Å². The van der Waals surface area contributed by atoms with Crippen LogP contribution in [0.3, 0.4) is 0 Å². The van der Waals surface area contributed by atoms with Gasteiger partial charge in [0.05, 0.1) is 0 Å². The number of hydrogen-bond donors (Lipinski definition) is 1. The Bertz CT molecular complexity index is 342. The standard InChI is InChI=1S/C15H26N2O3/c18-14(19)7-1-2-8-16-9-4-10-17(12-11-16)15(20)13-5-3-6-13/h13H,1-12H2,(H,18,19). The van der Waals surface area contributed by atoms with E-state index in [-0.39, 0.29) is 6.42 Å². The van der Waals surface area contributed by atoms with Gasteiger partial charge in [-0.1, -0.05) is 6.42 Å². The summed E-state index contributed by atoms with van der Waals surface area (Å²) in [5, 5.41) is 8.61. The van der Waals surface area contributed by atoms with Crippen LogP contribution < -0.4 is 0 Å². The van der Waals surface area contributed by atoms with Gasteiger partial charge >= 0.3 is 5.97 Å². The van der Waals surface area contributed by atoms with Gasteiger partial charge in [0, 0.05) is 32.0 Å². The Morgan fingerprint density at radius 2 is 1.80 bits per heavy atom. The summed E-state index contributed by atoms with van der Waals surface area (Å²) in [5.74, 6) is -0.0424. The summed E-state index contributed by atoms with van der Waals surface area (Å²) in [4.78, 5) is 27.1. The molecule has 5 nitrogen and oxygen atoms in total. The van der Waals surface area contributed by atoms with Gasteiger partial charge in [-0.15, -0.1) is 0 Å². The SMILES string of the molecule is O=C(O)CCCCN1CCCN(C(=O)C2CCC2)CC1. The van der Waals surface area contributed by atoms with Crippen LogP contribution in [0.4, 0.5) is 0 Å². The number of amides is 1. The second kappa shape index (κ2) is 7.62. The second-order valence-electron chi connectivity index (χ2n) is 6.00. The highest BCUT2D eigenvalue weighted by Gasteiger charge is 2.30. The van der Waals surface area contributed by atoms with E-state index in [4.69, 9.17) is 5.11 Å². The predicted molar refractivity (Wildman–Crippen MR) is 76.5 cm³/mol. The average Bonchev–Trinajstić information content (AvgIpc) is 2.57. The number of rotatable bonds is 6. The van der Waals surface area contributed by atoms with E-state index in [2.05, 4.69) is 4.90 Å². The highest BCUT2D eigenvalue weighted by Crippen LogP contribution is 2.28. The molecule has 20 heavy (non-hydrogen) atoms. The summed E-state index contributed by atoms with van der Waals surface area (Å²) in [7, 11) is 0. The zero-order valence-electron chi connectivity index (χ0n) is 12.2. The maximum Gasteiger partial charge on any atom is 0.303 e. The molecule has 1 N–H and O–H groups in total. The molecule has 0 atom stereocenters. The highest BCUT2D eigenvalue weighted by atomic mass is 16.4. The largest absolute Gasteiger partial charge is 0.481 e. The Hall–Kier alpha value is -1.10. The molecular formula is C15H26N2O3. The molecule has 0 aromatic heterocycles. The van der Waals surface area contributed by atoms with Gasteiger partial charge in [0.1, 0.15) is 0 Å². The van der Waals surface area contributed by atoms with E-state index in [1.165, 1.54) is 6.42 Å². The summed E-state index contributed by atoms with van der Waals surface area (Å²) in [6.07, 6.45) is 6.35. The Morgan fingerprint density at radius 3 is 2.45 bits per heavy atom. The lowest BCUT2D eigenvalue weighted by molar-refractivity contribution is -0.138. The summed E-state index contributed by atoms with van der Waals surface area (Å²) in [5.41, 5.74) is 0. The molecular weight excluding hydrogens is 256 g/mol. The summed E-state index contributed by atoms with van der Waals surface area (Å²) in [6.45, 7) is 4.65. The van der Waals surface area contributed by atoms with Gasteiger partial charge in [0.15, 0.2) is 0 Å². The molecule has 1 heterocycles. The quantitative estimate of drug-likeness (QED) is 0.751. The summed E-state index contributed by atoms with van der Waals surface area (Å²) >= 11 is 0. The number of carboxylic acids is 1. The predicted octanol–water partition coefficient (Wildman–Crippen LogP) is 1.58. The monoisotopic (exact) mass is 282 g/mol. The van der Waals surface area contributed by atoms with E-state index >= 15 is 0 Å². The van der Waals surface area contributed by atoms with Crippen molar-refractivity contribution < 1.29 is 14.7 Å². The van der Waals surface area contributed by atoms with Gasteiger partial charge in [-0.25, -0.2) is 0 Å². The molecule has 2 rings (SSSR count). The molecule has 0 radical (unpaired) electrons. The summed E-state index contributed by atoms with van der Waals surface area (Å²) < 4.78 is 0. The van der Waals surface area contributed by atoms with Crippen molar-refractivity contribution in [2.45, 2.75) is 44.9 Å². The van der Waals surface area contributed by atoms with E-state index < -0.39 is 5.97 Å². The molecule has 1 aliphatic carbocycles. The number of hydrogen-bond acceptors (Lipinski definition) is 3. The molecule has 114 valence electrons. The van der Waals surface area contributed by atoms with Crippen LogP contribution >= 0.6 is 0 Å². The minimum Gasteiger partial charge on any atom is -0.481 e. The van der Waals surface area contributed by atoms with Crippen LogP contribution in [0.15, 0.2) is 0 Å². The Kier molecular flexibility index (Phi) is 5.83. The van der Waals surface area contributed by atoms with Crippen molar-refractivity contribution in [1.82, 2.24) is 9.80 Å². The van der Waals surface area contributed by atoms with Gasteiger partial charge in [0.25, 0.3) is 0 Å². The number of carboxylic acid groups (broad SMARTS) is 1. The Balaban J connectivity index is 1.66. The van der Waals surface area contributed by atoms with Gasteiger partial charge in [0.2, 0.25) is 5.91 Å². The van der Waals surface area contributed by atoms with Crippen LogP contribution in [0.5, 0.6) is 0 Å². The highest BCUT2D eigenvalue weighted by molar-refractivity contribution is 5.79. The Labute approximate surface area is 120 Å². The fourth-order valence-electron chi connectivity index (χ4n) is 2.94. The number of unbranched alkanes of at least 4 members (excludes halogenated alkanes) is 1. The molecule has 0 unspecified atom stereocenters. The Morgan fingerprint density at radius 1 is 1.00 bits per heavy atom. The lowest BCUT2D eigenvalue weighted by atomic mass is 9.84. The number of aliphatic carboxylic acids is 1. The first kappa shape index (κ1) is 15.3. The maximum absolute atomic E-state index is 12.2. The molecule has 0 aromatic carbocycles. The lowest BCUT2D eigenvalue weighted by Gasteiger charge is -2.31. The van der Waals surface area contributed by atoms with Gasteiger partial charge in [-0.2, -0.15) is 0 Å². The number of carbonyl (C=O) groups excluding carboxylic acids is 1. The van der Waals surface area contributed by atoms with E-state index in [0.29, 0.717) is 11.8 Å². The van der Waals surface area contributed by atoms with Crippen molar-refractivity contribution in [1.29, 1.82) is 0 Å². The van der Waals surface area contributed by atoms with Gasteiger partial charge in [-0.05, 0) is 45.2 Å². The number of carbonyl (C=O) groups is 2. The maximum atomic E-state index is 12.2. The van der Waals surface area contributed by atoms with Crippen LogP contribution in [0.25, 0.3) is 0 Å². The molecule has 0 aromatic rings. The van der Waals surface area contributed by atoms with Crippen molar-refractivity contribution in [2.75, 3.05) is 32.7 Å². The van der Waals surface area contributed by atoms with Crippen molar-refractivity contribution in [3.63, 3.8) is 0 Å². The smallest absolute Gasteiger partial charge is 0.303 e. The average molecular weight is 282 g/mol. The second-order valence-corrected chi connectivity index (χ2v) is 6.00. The zero-order valence-corrected chi connectivity index (χ0v) is 12.2. The molecule has 1 saturated heterocycles. The molecule has 1 saturated carbocycles. The molecule has 0 spiro atoms. The molecule has 1 aliphatic heterocycles. The van der Waals surface area contributed by atoms with E-state index in [1.807, 2.05) is 4.90 Å². The molecule has 2 fully saturated rings. The minimum absolute atomic E-state index is 0.264. The van der Waals surface area contributed by atoms with Crippen molar-refractivity contribution in [3.05, 3.63) is 0 Å². The molecule has 1 amide bonds. The lowest BCUT2D eigenvalue weighted by Crippen LogP contribution is -2.41. The molecule has 2 aliphatic rings.